The van der Waals surface area contributed by atoms with E-state index in [4.69, 9.17) is 4.98 Å². The van der Waals surface area contributed by atoms with Crippen molar-refractivity contribution in [2.24, 2.45) is 0 Å². The molecule has 7 heteroatoms. The molecule has 0 radical (unpaired) electrons. The van der Waals surface area contributed by atoms with Crippen LogP contribution in [0.25, 0.3) is 22.3 Å². The Bertz CT molecular complexity index is 1200. The van der Waals surface area contributed by atoms with Gasteiger partial charge in [-0.1, -0.05) is 6.07 Å². The molecule has 0 saturated carbocycles. The summed E-state index contributed by atoms with van der Waals surface area (Å²) in [5, 5.41) is 0. The predicted octanol–water partition coefficient (Wildman–Crippen LogP) is -2.11. The van der Waals surface area contributed by atoms with Crippen molar-refractivity contribution in [1.82, 2.24) is 15.0 Å². The van der Waals surface area contributed by atoms with Gasteiger partial charge in [0, 0.05) is 49.1 Å². The van der Waals surface area contributed by atoms with Gasteiger partial charge in [0.25, 0.3) is 0 Å². The number of hydrogen-bond acceptors (Lipinski definition) is 3. The molecule has 5 rings (SSSR count). The Kier molecular flexibility index (Phi) is 9.13. The normalized spacial score (nSPS) is 10.1. The van der Waals surface area contributed by atoms with E-state index < -0.39 is 0 Å². The van der Waals surface area contributed by atoms with E-state index in [1.54, 1.807) is 0 Å². The molecule has 5 nitrogen and oxygen atoms in total. The van der Waals surface area contributed by atoms with Crippen LogP contribution in [-0.4, -0.2) is 15.0 Å². The first-order valence-electron chi connectivity index (χ1n) is 10.6. The Hall–Kier alpha value is -3.29. The molecule has 0 fully saturated rings. The molecule has 170 valence electrons. The highest BCUT2D eigenvalue weighted by atomic mass is 79.9. The van der Waals surface area contributed by atoms with Crippen LogP contribution >= 0.6 is 0 Å². The van der Waals surface area contributed by atoms with Gasteiger partial charge in [-0.2, -0.15) is 9.13 Å². The first-order valence-corrected chi connectivity index (χ1v) is 10.6. The molecule has 0 aliphatic carbocycles. The Morgan fingerprint density at radius 2 is 0.824 bits per heavy atom. The maximum atomic E-state index is 4.87. The van der Waals surface area contributed by atoms with Crippen molar-refractivity contribution in [3.05, 3.63) is 128 Å². The van der Waals surface area contributed by atoms with E-state index in [-0.39, 0.29) is 34.0 Å². The maximum Gasteiger partial charge on any atom is 0.190 e. The second-order valence-corrected chi connectivity index (χ2v) is 7.61. The van der Waals surface area contributed by atoms with Crippen LogP contribution in [0.5, 0.6) is 0 Å². The smallest absolute Gasteiger partial charge is 0.190 e. The van der Waals surface area contributed by atoms with E-state index in [0.717, 1.165) is 24.5 Å². The molecule has 0 saturated heterocycles. The molecule has 0 aliphatic rings. The van der Waals surface area contributed by atoms with Crippen LogP contribution in [0.15, 0.2) is 116 Å². The van der Waals surface area contributed by atoms with Crippen LogP contribution in [0.4, 0.5) is 0 Å². The van der Waals surface area contributed by atoms with Crippen molar-refractivity contribution in [2.75, 3.05) is 0 Å². The highest BCUT2D eigenvalue weighted by Gasteiger charge is 2.09. The Morgan fingerprint density at radius 3 is 1.21 bits per heavy atom. The van der Waals surface area contributed by atoms with Crippen LogP contribution in [0.3, 0.4) is 0 Å². The van der Waals surface area contributed by atoms with Gasteiger partial charge in [-0.3, -0.25) is 9.97 Å². The second-order valence-electron chi connectivity index (χ2n) is 7.61. The van der Waals surface area contributed by atoms with Gasteiger partial charge in [-0.05, 0) is 58.7 Å². The third kappa shape index (κ3) is 6.40. The van der Waals surface area contributed by atoms with E-state index >= 15 is 0 Å². The first kappa shape index (κ1) is 25.3. The van der Waals surface area contributed by atoms with Gasteiger partial charge in [0.15, 0.2) is 37.9 Å². The minimum absolute atomic E-state index is 0. The summed E-state index contributed by atoms with van der Waals surface area (Å²) in [7, 11) is 0. The predicted molar refractivity (Wildman–Crippen MR) is 122 cm³/mol. The van der Waals surface area contributed by atoms with Gasteiger partial charge in [0.05, 0.1) is 0 Å². The van der Waals surface area contributed by atoms with Crippen LogP contribution in [-0.2, 0) is 13.1 Å². The van der Waals surface area contributed by atoms with E-state index in [2.05, 4.69) is 86.4 Å². The number of hydrogen-bond donors (Lipinski definition) is 0. The largest absolute Gasteiger partial charge is 1.00 e. The number of pyridine rings is 5. The van der Waals surface area contributed by atoms with Crippen molar-refractivity contribution in [3.63, 3.8) is 0 Å². The number of rotatable bonds is 6. The zero-order valence-corrected chi connectivity index (χ0v) is 21.5. The van der Waals surface area contributed by atoms with Gasteiger partial charge >= 0.3 is 0 Å². The van der Waals surface area contributed by atoms with Gasteiger partial charge in [0.2, 0.25) is 0 Å². The second kappa shape index (κ2) is 12.3. The molecular weight excluding hydrogens is 554 g/mol. The Balaban J connectivity index is 0.00000162. The molecule has 0 spiro atoms. The topological polar surface area (TPSA) is 46.4 Å². The van der Waals surface area contributed by atoms with Crippen molar-refractivity contribution in [3.8, 4) is 22.3 Å². The number of aromatic nitrogens is 5. The van der Waals surface area contributed by atoms with Crippen molar-refractivity contribution < 1.29 is 43.1 Å². The lowest BCUT2D eigenvalue weighted by atomic mass is 10.1. The van der Waals surface area contributed by atoms with Crippen LogP contribution in [0, 0.1) is 0 Å². The standard InChI is InChI=1S/C27H23N5.2BrH/c1-2-26(20-31-16-8-24(9-17-31)22-4-12-28-13-5-22)30-27(3-1)21-32-18-10-25(11-19-32)23-6-14-29-15-7-23;;/h1-19H,20-21H2;2*1H/q+2;;/p-2. The highest BCUT2D eigenvalue weighted by molar-refractivity contribution is 5.62. The fraction of sp³-hybridized carbons (Fsp3) is 0.0741. The quantitative estimate of drug-likeness (QED) is 0.217. The van der Waals surface area contributed by atoms with Crippen molar-refractivity contribution >= 4 is 0 Å². The van der Waals surface area contributed by atoms with Crippen molar-refractivity contribution in [1.29, 1.82) is 0 Å². The molecule has 0 aliphatic heterocycles. The van der Waals surface area contributed by atoms with E-state index in [9.17, 15) is 0 Å². The summed E-state index contributed by atoms with van der Waals surface area (Å²) in [5.74, 6) is 0. The maximum absolute atomic E-state index is 4.87. The minimum Gasteiger partial charge on any atom is -1.00 e. The van der Waals surface area contributed by atoms with Gasteiger partial charge in [0.1, 0.15) is 11.4 Å². The van der Waals surface area contributed by atoms with E-state index in [0.29, 0.717) is 0 Å². The molecule has 34 heavy (non-hydrogen) atoms. The fourth-order valence-corrected chi connectivity index (χ4v) is 3.68. The Morgan fingerprint density at radius 1 is 0.471 bits per heavy atom. The van der Waals surface area contributed by atoms with Gasteiger partial charge in [-0.15, -0.1) is 0 Å². The number of nitrogens with zero attached hydrogens (tertiary/aromatic N) is 5. The lowest BCUT2D eigenvalue weighted by Crippen LogP contribution is -3.00. The van der Waals surface area contributed by atoms with Gasteiger partial charge < -0.3 is 34.0 Å². The highest BCUT2D eigenvalue weighted by Crippen LogP contribution is 2.17. The summed E-state index contributed by atoms with van der Waals surface area (Å²) in [6.45, 7) is 1.46. The molecule has 5 aromatic heterocycles. The molecule has 0 aromatic carbocycles. The zero-order valence-electron chi connectivity index (χ0n) is 18.4. The minimum atomic E-state index is 0. The monoisotopic (exact) mass is 575 g/mol. The molecule has 0 N–H and O–H groups in total. The molecule has 0 amide bonds. The summed E-state index contributed by atoms with van der Waals surface area (Å²) in [6.07, 6.45) is 15.6. The third-order valence-corrected chi connectivity index (χ3v) is 5.36. The summed E-state index contributed by atoms with van der Waals surface area (Å²) >= 11 is 0. The van der Waals surface area contributed by atoms with E-state index in [1.807, 2.05) is 49.1 Å². The molecular formula is C27H23Br2N5. The number of halogens is 2. The SMILES string of the molecule is [Br-].[Br-].c1cc(C[n+]2ccc(-c3ccncc3)cc2)nc(C[n+]2ccc(-c3ccncc3)cc2)c1. The molecule has 5 aromatic rings. The average Bonchev–Trinajstić information content (AvgIpc) is 2.86. The average molecular weight is 577 g/mol. The molecule has 0 atom stereocenters. The Labute approximate surface area is 220 Å². The van der Waals surface area contributed by atoms with Crippen LogP contribution in [0.2, 0.25) is 0 Å². The lowest BCUT2D eigenvalue weighted by molar-refractivity contribution is -0.690. The summed E-state index contributed by atoms with van der Waals surface area (Å²) in [4.78, 5) is 13.0. The summed E-state index contributed by atoms with van der Waals surface area (Å²) < 4.78 is 4.29. The zero-order chi connectivity index (χ0) is 21.6. The first-order chi connectivity index (χ1) is 15.8. The molecule has 5 heterocycles. The van der Waals surface area contributed by atoms with Crippen LogP contribution < -0.4 is 43.1 Å². The van der Waals surface area contributed by atoms with Crippen molar-refractivity contribution in [2.45, 2.75) is 13.1 Å². The van der Waals surface area contributed by atoms with Gasteiger partial charge in [-0.25, -0.2) is 4.98 Å². The van der Waals surface area contributed by atoms with E-state index in [1.165, 1.54) is 22.3 Å². The summed E-state index contributed by atoms with van der Waals surface area (Å²) in [5.41, 5.74) is 6.77. The third-order valence-electron chi connectivity index (χ3n) is 5.36. The fourth-order valence-electron chi connectivity index (χ4n) is 3.68. The molecule has 0 unspecified atom stereocenters. The van der Waals surface area contributed by atoms with Crippen LogP contribution in [0.1, 0.15) is 11.4 Å². The summed E-state index contributed by atoms with van der Waals surface area (Å²) in [6, 6.07) is 22.8. The lowest BCUT2D eigenvalue weighted by Gasteiger charge is -2.03. The molecule has 0 bridgehead atoms.